The number of hydrogen-bond donors (Lipinski definition) is 1. The van der Waals surface area contributed by atoms with Crippen LogP contribution in [-0.2, 0) is 9.53 Å². The van der Waals surface area contributed by atoms with Crippen LogP contribution in [0.4, 0.5) is 5.69 Å². The van der Waals surface area contributed by atoms with Crippen molar-refractivity contribution in [3.8, 4) is 5.75 Å². The highest BCUT2D eigenvalue weighted by atomic mass is 16.5. The van der Waals surface area contributed by atoms with Gasteiger partial charge in [-0.1, -0.05) is 12.1 Å². The van der Waals surface area contributed by atoms with Gasteiger partial charge in [0.25, 0.3) is 0 Å². The molecule has 0 saturated carbocycles. The summed E-state index contributed by atoms with van der Waals surface area (Å²) >= 11 is 0. The van der Waals surface area contributed by atoms with Crippen molar-refractivity contribution in [2.75, 3.05) is 19.0 Å². The second kappa shape index (κ2) is 4.91. The SMILES string of the molecule is COc1ccccc1NC(C)=C1CCOC1=O. The number of hydrogen-bond acceptors (Lipinski definition) is 4. The second-order valence-corrected chi connectivity index (χ2v) is 3.81. The fraction of sp³-hybridized carbons (Fsp3) is 0.308. The minimum atomic E-state index is -0.232. The molecule has 0 spiro atoms. The van der Waals surface area contributed by atoms with Crippen molar-refractivity contribution < 1.29 is 14.3 Å². The summed E-state index contributed by atoms with van der Waals surface area (Å²) in [7, 11) is 1.62. The molecular weight excluding hydrogens is 218 g/mol. The molecule has 1 aromatic carbocycles. The average molecular weight is 233 g/mol. The lowest BCUT2D eigenvalue weighted by molar-refractivity contribution is -0.135. The van der Waals surface area contributed by atoms with Crippen molar-refractivity contribution in [2.45, 2.75) is 13.3 Å². The van der Waals surface area contributed by atoms with Crippen LogP contribution in [0.3, 0.4) is 0 Å². The minimum absolute atomic E-state index is 0.232. The monoisotopic (exact) mass is 233 g/mol. The first kappa shape index (κ1) is 11.5. The maximum atomic E-state index is 11.4. The number of benzene rings is 1. The first-order valence-electron chi connectivity index (χ1n) is 5.49. The smallest absolute Gasteiger partial charge is 0.335 e. The van der Waals surface area contributed by atoms with E-state index in [-0.39, 0.29) is 5.97 Å². The molecule has 4 heteroatoms. The Bertz CT molecular complexity index is 465. The van der Waals surface area contributed by atoms with E-state index in [1.165, 1.54) is 0 Å². The van der Waals surface area contributed by atoms with E-state index in [0.29, 0.717) is 18.6 Å². The first-order chi connectivity index (χ1) is 8.22. The molecule has 1 saturated heterocycles. The molecule has 90 valence electrons. The van der Waals surface area contributed by atoms with Crippen molar-refractivity contribution in [3.05, 3.63) is 35.5 Å². The van der Waals surface area contributed by atoms with Gasteiger partial charge in [0.05, 0.1) is 25.0 Å². The van der Waals surface area contributed by atoms with Gasteiger partial charge >= 0.3 is 5.97 Å². The molecule has 17 heavy (non-hydrogen) atoms. The fourth-order valence-electron chi connectivity index (χ4n) is 1.80. The van der Waals surface area contributed by atoms with E-state index in [9.17, 15) is 4.79 Å². The van der Waals surface area contributed by atoms with E-state index in [1.54, 1.807) is 7.11 Å². The van der Waals surface area contributed by atoms with Crippen molar-refractivity contribution in [1.29, 1.82) is 0 Å². The molecule has 1 aliphatic rings. The number of esters is 1. The normalized spacial score (nSPS) is 17.6. The summed E-state index contributed by atoms with van der Waals surface area (Å²) < 4.78 is 10.1. The number of rotatable bonds is 3. The Labute approximate surface area is 100 Å². The summed E-state index contributed by atoms with van der Waals surface area (Å²) in [6.45, 7) is 2.34. The van der Waals surface area contributed by atoms with Gasteiger partial charge in [0.2, 0.25) is 0 Å². The maximum Gasteiger partial charge on any atom is 0.335 e. The van der Waals surface area contributed by atoms with Crippen LogP contribution < -0.4 is 10.1 Å². The fourth-order valence-corrected chi connectivity index (χ4v) is 1.80. The van der Waals surface area contributed by atoms with Gasteiger partial charge in [-0.25, -0.2) is 4.79 Å². The Kier molecular flexibility index (Phi) is 3.32. The van der Waals surface area contributed by atoms with E-state index >= 15 is 0 Å². The molecular formula is C13H15NO3. The molecule has 0 bridgehead atoms. The number of para-hydroxylation sites is 2. The third-order valence-corrected chi connectivity index (χ3v) is 2.71. The van der Waals surface area contributed by atoms with E-state index < -0.39 is 0 Å². The molecule has 1 aromatic rings. The van der Waals surface area contributed by atoms with Gasteiger partial charge in [-0.15, -0.1) is 0 Å². The Morgan fingerprint density at radius 1 is 1.41 bits per heavy atom. The summed E-state index contributed by atoms with van der Waals surface area (Å²) in [5.41, 5.74) is 2.37. The van der Waals surface area contributed by atoms with Gasteiger partial charge in [-0.3, -0.25) is 0 Å². The Morgan fingerprint density at radius 3 is 2.82 bits per heavy atom. The third-order valence-electron chi connectivity index (χ3n) is 2.71. The van der Waals surface area contributed by atoms with Gasteiger partial charge in [-0.05, 0) is 19.1 Å². The Balaban J connectivity index is 2.23. The molecule has 0 aromatic heterocycles. The average Bonchev–Trinajstić information content (AvgIpc) is 2.76. The third kappa shape index (κ3) is 2.41. The van der Waals surface area contributed by atoms with Gasteiger partial charge in [0, 0.05) is 12.1 Å². The predicted molar refractivity (Wildman–Crippen MR) is 64.9 cm³/mol. The van der Waals surface area contributed by atoms with Gasteiger partial charge < -0.3 is 14.8 Å². The Hall–Kier alpha value is -1.97. The molecule has 1 N–H and O–H groups in total. The zero-order chi connectivity index (χ0) is 12.3. The molecule has 4 nitrogen and oxygen atoms in total. The van der Waals surface area contributed by atoms with Crippen LogP contribution in [0.15, 0.2) is 35.5 Å². The van der Waals surface area contributed by atoms with Crippen LogP contribution in [0.25, 0.3) is 0 Å². The number of anilines is 1. The largest absolute Gasteiger partial charge is 0.495 e. The molecule has 0 aliphatic carbocycles. The number of nitrogens with one attached hydrogen (secondary N) is 1. The van der Waals surface area contributed by atoms with Crippen LogP contribution in [0.5, 0.6) is 5.75 Å². The molecule has 1 aliphatic heterocycles. The molecule has 2 rings (SSSR count). The van der Waals surface area contributed by atoms with Crippen LogP contribution in [0, 0.1) is 0 Å². The summed E-state index contributed by atoms with van der Waals surface area (Å²) in [5.74, 6) is 0.517. The van der Waals surface area contributed by atoms with Crippen LogP contribution in [0.1, 0.15) is 13.3 Å². The standard InChI is InChI=1S/C13H15NO3/c1-9(10-7-8-17-13(10)15)14-11-5-3-4-6-12(11)16-2/h3-6,14H,7-8H2,1-2H3. The lowest BCUT2D eigenvalue weighted by atomic mass is 10.1. The predicted octanol–water partition coefficient (Wildman–Crippen LogP) is 2.33. The first-order valence-corrected chi connectivity index (χ1v) is 5.49. The van der Waals surface area contributed by atoms with E-state index in [4.69, 9.17) is 9.47 Å². The summed E-state index contributed by atoms with van der Waals surface area (Å²) in [6.07, 6.45) is 0.660. The van der Waals surface area contributed by atoms with Gasteiger partial charge in [0.1, 0.15) is 5.75 Å². The molecule has 0 unspecified atom stereocenters. The van der Waals surface area contributed by atoms with Crippen molar-refractivity contribution in [1.82, 2.24) is 0 Å². The van der Waals surface area contributed by atoms with Crippen molar-refractivity contribution in [3.63, 3.8) is 0 Å². The molecule has 1 fully saturated rings. The van der Waals surface area contributed by atoms with E-state index in [1.807, 2.05) is 31.2 Å². The number of cyclic esters (lactones) is 1. The molecule has 0 radical (unpaired) electrons. The highest BCUT2D eigenvalue weighted by Crippen LogP contribution is 2.26. The number of carbonyl (C=O) groups is 1. The van der Waals surface area contributed by atoms with Crippen molar-refractivity contribution in [2.24, 2.45) is 0 Å². The molecule has 1 heterocycles. The van der Waals surface area contributed by atoms with Gasteiger partial charge in [0.15, 0.2) is 0 Å². The quantitative estimate of drug-likeness (QED) is 0.643. The molecule has 0 atom stereocenters. The van der Waals surface area contributed by atoms with Crippen LogP contribution in [0.2, 0.25) is 0 Å². The number of allylic oxidation sites excluding steroid dienone is 1. The Morgan fingerprint density at radius 2 is 2.18 bits per heavy atom. The number of carbonyl (C=O) groups excluding carboxylic acids is 1. The lowest BCUT2D eigenvalue weighted by Gasteiger charge is -2.12. The van der Waals surface area contributed by atoms with Crippen LogP contribution in [-0.4, -0.2) is 19.7 Å². The highest BCUT2D eigenvalue weighted by molar-refractivity contribution is 5.91. The maximum absolute atomic E-state index is 11.4. The summed E-state index contributed by atoms with van der Waals surface area (Å²) in [4.78, 5) is 11.4. The minimum Gasteiger partial charge on any atom is -0.495 e. The zero-order valence-corrected chi connectivity index (χ0v) is 9.95. The lowest BCUT2D eigenvalue weighted by Crippen LogP contribution is -2.05. The zero-order valence-electron chi connectivity index (χ0n) is 9.95. The van der Waals surface area contributed by atoms with Crippen LogP contribution >= 0.6 is 0 Å². The summed E-state index contributed by atoms with van der Waals surface area (Å²) in [5, 5.41) is 3.19. The molecule has 0 amide bonds. The van der Waals surface area contributed by atoms with Gasteiger partial charge in [-0.2, -0.15) is 0 Å². The summed E-state index contributed by atoms with van der Waals surface area (Å²) in [6, 6.07) is 7.59. The highest BCUT2D eigenvalue weighted by Gasteiger charge is 2.21. The number of ether oxygens (including phenoxy) is 2. The van der Waals surface area contributed by atoms with E-state index in [2.05, 4.69) is 5.32 Å². The second-order valence-electron chi connectivity index (χ2n) is 3.81. The topological polar surface area (TPSA) is 47.6 Å². The number of methoxy groups -OCH3 is 1. The van der Waals surface area contributed by atoms with Crippen molar-refractivity contribution >= 4 is 11.7 Å². The van der Waals surface area contributed by atoms with E-state index in [0.717, 1.165) is 17.1 Å².